The second-order valence-corrected chi connectivity index (χ2v) is 8.43. The number of amides is 1. The summed E-state index contributed by atoms with van der Waals surface area (Å²) < 4.78 is 34.7. The SMILES string of the molecule is C[C@H]1CNCCN1c1ccc(Nc2ncc3c(n2)OCN(c2c(F)cccc2Cl)C3=O)cc1F. The minimum atomic E-state index is -0.646. The van der Waals surface area contributed by atoms with Gasteiger partial charge in [-0.05, 0) is 37.3 Å². The normalized spacial score (nSPS) is 17.9. The van der Waals surface area contributed by atoms with Crippen LogP contribution in [0, 0.1) is 11.6 Å². The van der Waals surface area contributed by atoms with E-state index in [-0.39, 0.29) is 46.7 Å². The summed E-state index contributed by atoms with van der Waals surface area (Å²) in [6.45, 7) is 4.09. The van der Waals surface area contributed by atoms with E-state index in [4.69, 9.17) is 16.3 Å². The smallest absolute Gasteiger partial charge is 0.268 e. The van der Waals surface area contributed by atoms with Gasteiger partial charge in [0, 0.05) is 37.6 Å². The van der Waals surface area contributed by atoms with Crippen molar-refractivity contribution in [2.45, 2.75) is 13.0 Å². The summed E-state index contributed by atoms with van der Waals surface area (Å²) in [5.74, 6) is -1.38. The molecule has 3 heterocycles. The second kappa shape index (κ2) is 9.03. The molecule has 176 valence electrons. The molecular formula is C23H21ClF2N6O2. The molecule has 11 heteroatoms. The van der Waals surface area contributed by atoms with E-state index in [1.807, 2.05) is 11.8 Å². The molecule has 0 aliphatic carbocycles. The third-order valence-corrected chi connectivity index (χ3v) is 6.09. The van der Waals surface area contributed by atoms with Gasteiger partial charge >= 0.3 is 0 Å². The van der Waals surface area contributed by atoms with Crippen molar-refractivity contribution >= 4 is 40.5 Å². The van der Waals surface area contributed by atoms with Crippen LogP contribution in [-0.4, -0.2) is 48.3 Å². The highest BCUT2D eigenvalue weighted by Crippen LogP contribution is 2.34. The van der Waals surface area contributed by atoms with E-state index in [1.54, 1.807) is 12.1 Å². The van der Waals surface area contributed by atoms with Crippen molar-refractivity contribution in [2.75, 3.05) is 41.5 Å². The van der Waals surface area contributed by atoms with Gasteiger partial charge in [0.2, 0.25) is 11.8 Å². The number of fused-ring (bicyclic) bond motifs is 1. The Bertz CT molecular complexity index is 1240. The van der Waals surface area contributed by atoms with E-state index in [0.29, 0.717) is 11.4 Å². The van der Waals surface area contributed by atoms with Crippen LogP contribution in [0.2, 0.25) is 5.02 Å². The first-order valence-corrected chi connectivity index (χ1v) is 11.1. The van der Waals surface area contributed by atoms with Gasteiger partial charge in [0.1, 0.15) is 22.9 Å². The van der Waals surface area contributed by atoms with Crippen LogP contribution < -0.4 is 25.2 Å². The molecule has 5 rings (SSSR count). The molecule has 1 fully saturated rings. The van der Waals surface area contributed by atoms with Crippen LogP contribution in [0.5, 0.6) is 5.88 Å². The average Bonchev–Trinajstić information content (AvgIpc) is 2.81. The number of piperazine rings is 1. The lowest BCUT2D eigenvalue weighted by atomic mass is 10.1. The van der Waals surface area contributed by atoms with E-state index < -0.39 is 11.7 Å². The van der Waals surface area contributed by atoms with Crippen LogP contribution in [0.15, 0.2) is 42.6 Å². The van der Waals surface area contributed by atoms with Crippen molar-refractivity contribution in [3.05, 3.63) is 64.8 Å². The van der Waals surface area contributed by atoms with Crippen molar-refractivity contribution in [3.8, 4) is 5.88 Å². The van der Waals surface area contributed by atoms with Crippen LogP contribution in [0.4, 0.5) is 31.8 Å². The Morgan fingerprint density at radius 2 is 2.09 bits per heavy atom. The number of anilines is 4. The quantitative estimate of drug-likeness (QED) is 0.578. The van der Waals surface area contributed by atoms with Gasteiger partial charge in [-0.2, -0.15) is 4.98 Å². The monoisotopic (exact) mass is 486 g/mol. The summed E-state index contributed by atoms with van der Waals surface area (Å²) in [7, 11) is 0. The molecule has 2 aliphatic heterocycles. The van der Waals surface area contributed by atoms with Crippen LogP contribution in [0.1, 0.15) is 17.3 Å². The van der Waals surface area contributed by atoms with Crippen LogP contribution in [0.25, 0.3) is 0 Å². The molecule has 1 saturated heterocycles. The Morgan fingerprint density at radius 3 is 2.85 bits per heavy atom. The number of hydrogen-bond acceptors (Lipinski definition) is 7. The molecule has 0 spiro atoms. The molecule has 2 N–H and O–H groups in total. The lowest BCUT2D eigenvalue weighted by molar-refractivity contribution is 0.0931. The number of nitrogens with one attached hydrogen (secondary N) is 2. The predicted octanol–water partition coefficient (Wildman–Crippen LogP) is 3.95. The minimum Gasteiger partial charge on any atom is -0.455 e. The molecule has 1 atom stereocenters. The fourth-order valence-corrected chi connectivity index (χ4v) is 4.34. The first-order chi connectivity index (χ1) is 16.4. The Morgan fingerprint density at radius 1 is 1.24 bits per heavy atom. The number of rotatable bonds is 4. The zero-order valence-corrected chi connectivity index (χ0v) is 18.9. The predicted molar refractivity (Wildman–Crippen MR) is 125 cm³/mol. The standard InChI is InChI=1S/C23H21ClF2N6O2/c1-13-10-27-7-8-31(13)19-6-5-14(9-18(19)26)29-23-28-11-15-21(30-23)34-12-32(22(15)33)20-16(24)3-2-4-17(20)25/h2-6,9,11,13,27H,7-8,10,12H2,1H3,(H,28,29,30)/t13-/m0/s1. The number of hydrogen-bond donors (Lipinski definition) is 2. The largest absolute Gasteiger partial charge is 0.455 e. The van der Waals surface area contributed by atoms with Gasteiger partial charge in [-0.1, -0.05) is 17.7 Å². The molecule has 8 nitrogen and oxygen atoms in total. The number of carbonyl (C=O) groups excluding carboxylic acids is 1. The van der Waals surface area contributed by atoms with Gasteiger partial charge in [0.15, 0.2) is 6.73 Å². The third-order valence-electron chi connectivity index (χ3n) is 5.78. The number of halogens is 3. The van der Waals surface area contributed by atoms with Crippen molar-refractivity contribution in [1.29, 1.82) is 0 Å². The first-order valence-electron chi connectivity index (χ1n) is 10.7. The van der Waals surface area contributed by atoms with Gasteiger partial charge in [-0.25, -0.2) is 13.8 Å². The van der Waals surface area contributed by atoms with E-state index in [0.717, 1.165) is 24.5 Å². The van der Waals surface area contributed by atoms with Gasteiger partial charge in [-0.15, -0.1) is 0 Å². The highest BCUT2D eigenvalue weighted by Gasteiger charge is 2.32. The van der Waals surface area contributed by atoms with Crippen LogP contribution >= 0.6 is 11.6 Å². The van der Waals surface area contributed by atoms with Gasteiger partial charge < -0.3 is 20.3 Å². The zero-order chi connectivity index (χ0) is 23.8. The molecule has 34 heavy (non-hydrogen) atoms. The van der Waals surface area contributed by atoms with Crippen molar-refractivity contribution < 1.29 is 18.3 Å². The maximum atomic E-state index is 14.8. The Hall–Kier alpha value is -3.50. The molecule has 1 amide bonds. The summed E-state index contributed by atoms with van der Waals surface area (Å²) in [6, 6.07) is 9.16. The highest BCUT2D eigenvalue weighted by atomic mass is 35.5. The number of aromatic nitrogens is 2. The third kappa shape index (κ3) is 4.10. The molecule has 0 bridgehead atoms. The average molecular weight is 487 g/mol. The number of ether oxygens (including phenoxy) is 1. The number of para-hydroxylation sites is 1. The van der Waals surface area contributed by atoms with Gasteiger partial charge in [0.05, 0.1) is 10.7 Å². The van der Waals surface area contributed by atoms with E-state index >= 15 is 0 Å². The Labute approximate surface area is 199 Å². The van der Waals surface area contributed by atoms with E-state index in [2.05, 4.69) is 20.6 Å². The van der Waals surface area contributed by atoms with E-state index in [9.17, 15) is 13.6 Å². The molecule has 0 radical (unpaired) electrons. The minimum absolute atomic E-state index is 0.0398. The molecule has 3 aromatic rings. The zero-order valence-electron chi connectivity index (χ0n) is 18.2. The van der Waals surface area contributed by atoms with Crippen molar-refractivity contribution in [2.24, 2.45) is 0 Å². The van der Waals surface area contributed by atoms with E-state index in [1.165, 1.54) is 30.5 Å². The topological polar surface area (TPSA) is 82.6 Å². The molecular weight excluding hydrogens is 466 g/mol. The molecule has 1 aromatic heterocycles. The molecule has 0 unspecified atom stereocenters. The van der Waals surface area contributed by atoms with Crippen LogP contribution in [-0.2, 0) is 0 Å². The number of benzene rings is 2. The fourth-order valence-electron chi connectivity index (χ4n) is 4.07. The summed E-state index contributed by atoms with van der Waals surface area (Å²) in [5.41, 5.74) is 0.972. The van der Waals surface area contributed by atoms with Crippen molar-refractivity contribution in [1.82, 2.24) is 15.3 Å². The summed E-state index contributed by atoms with van der Waals surface area (Å²) in [4.78, 5) is 24.4. The number of nitrogens with zero attached hydrogens (tertiary/aromatic N) is 4. The lowest BCUT2D eigenvalue weighted by Crippen LogP contribution is -2.50. The van der Waals surface area contributed by atoms with Gasteiger partial charge in [-0.3, -0.25) is 9.69 Å². The summed E-state index contributed by atoms with van der Waals surface area (Å²) in [5, 5.41) is 6.30. The molecule has 0 saturated carbocycles. The Balaban J connectivity index is 1.35. The maximum Gasteiger partial charge on any atom is 0.268 e. The first kappa shape index (κ1) is 22.3. The fraction of sp³-hybridized carbons (Fsp3) is 0.261. The summed E-state index contributed by atoms with van der Waals surface area (Å²) >= 11 is 6.08. The Kier molecular flexibility index (Phi) is 5.93. The van der Waals surface area contributed by atoms with Gasteiger partial charge in [0.25, 0.3) is 5.91 Å². The molecule has 2 aromatic carbocycles. The highest BCUT2D eigenvalue weighted by molar-refractivity contribution is 6.34. The molecule has 2 aliphatic rings. The summed E-state index contributed by atoms with van der Waals surface area (Å²) in [6.07, 6.45) is 1.28. The van der Waals surface area contributed by atoms with Crippen molar-refractivity contribution in [3.63, 3.8) is 0 Å². The maximum absolute atomic E-state index is 14.8. The lowest BCUT2D eigenvalue weighted by Gasteiger charge is -2.36. The number of carbonyl (C=O) groups is 1. The second-order valence-electron chi connectivity index (χ2n) is 8.03. The van der Waals surface area contributed by atoms with Crippen LogP contribution in [0.3, 0.4) is 0 Å².